The molecular formula is C22H29F3N2O4. The zero-order chi connectivity index (χ0) is 23.8. The third kappa shape index (κ3) is 6.42. The van der Waals surface area contributed by atoms with E-state index in [1.807, 2.05) is 24.6 Å². The molecule has 0 unspecified atom stereocenters. The fourth-order valence-corrected chi connectivity index (χ4v) is 3.27. The summed E-state index contributed by atoms with van der Waals surface area (Å²) in [4.78, 5) is 16.2. The summed E-state index contributed by atoms with van der Waals surface area (Å²) in [7, 11) is 3.16. The number of hydrogen-bond acceptors (Lipinski definition) is 5. The van der Waals surface area contributed by atoms with Crippen LogP contribution in [0.1, 0.15) is 37.6 Å². The predicted molar refractivity (Wildman–Crippen MR) is 109 cm³/mol. The van der Waals surface area contributed by atoms with Gasteiger partial charge >= 0.3 is 12.3 Å². The quantitative estimate of drug-likeness (QED) is 0.597. The smallest absolute Gasteiger partial charge is 0.394 e. The Hall–Kier alpha value is -2.64. The first kappa shape index (κ1) is 26.4. The average molecular weight is 442 g/mol. The van der Waals surface area contributed by atoms with Crippen LogP contribution in [0, 0.1) is 12.3 Å². The van der Waals surface area contributed by atoms with Crippen molar-refractivity contribution >= 4 is 6.15 Å². The molecule has 0 amide bonds. The Balaban J connectivity index is 0.00000151. The standard InChI is InChI=1S/C21H29F3N2O2.CO2/c1-7-17-14(2)19(26(25-17)10-11-27-5)16-9-8-15(12-18(16)28-6)13-20(3,4)21(22,23)24;2-1-3/h8-9,12H,7,10-11,13H2,1-6H3;. The number of methoxy groups -OCH3 is 2. The molecule has 9 heteroatoms. The van der Waals surface area contributed by atoms with Gasteiger partial charge in [0.2, 0.25) is 0 Å². The highest BCUT2D eigenvalue weighted by Crippen LogP contribution is 2.42. The van der Waals surface area contributed by atoms with Gasteiger partial charge in [0.1, 0.15) is 5.75 Å². The van der Waals surface area contributed by atoms with Gasteiger partial charge in [-0.05, 0) is 43.0 Å². The second kappa shape index (κ2) is 11.1. The number of hydrogen-bond donors (Lipinski definition) is 0. The van der Waals surface area contributed by atoms with Crippen LogP contribution in [0.5, 0.6) is 5.75 Å². The number of nitrogens with zero attached hydrogens (tertiary/aromatic N) is 2. The molecule has 0 atom stereocenters. The zero-order valence-corrected chi connectivity index (χ0v) is 18.7. The number of ether oxygens (including phenoxy) is 2. The van der Waals surface area contributed by atoms with Crippen LogP contribution in [0.15, 0.2) is 18.2 Å². The van der Waals surface area contributed by atoms with E-state index in [2.05, 4.69) is 5.10 Å². The lowest BCUT2D eigenvalue weighted by Gasteiger charge is -2.28. The van der Waals surface area contributed by atoms with Crippen molar-refractivity contribution in [1.29, 1.82) is 0 Å². The molecule has 2 rings (SSSR count). The van der Waals surface area contributed by atoms with E-state index in [4.69, 9.17) is 19.1 Å². The van der Waals surface area contributed by atoms with Crippen molar-refractivity contribution in [3.8, 4) is 17.0 Å². The summed E-state index contributed by atoms with van der Waals surface area (Å²) < 4.78 is 52.4. The van der Waals surface area contributed by atoms with Gasteiger partial charge in [0, 0.05) is 12.7 Å². The maximum absolute atomic E-state index is 13.3. The van der Waals surface area contributed by atoms with Gasteiger partial charge in [-0.1, -0.05) is 26.8 Å². The summed E-state index contributed by atoms with van der Waals surface area (Å²) in [6, 6.07) is 5.26. The van der Waals surface area contributed by atoms with Gasteiger partial charge in [0.15, 0.2) is 0 Å². The largest absolute Gasteiger partial charge is 0.496 e. The second-order valence-corrected chi connectivity index (χ2v) is 7.67. The fraction of sp³-hybridized carbons (Fsp3) is 0.545. The Kier molecular flexibility index (Phi) is 9.46. The normalized spacial score (nSPS) is 11.5. The van der Waals surface area contributed by atoms with E-state index in [0.29, 0.717) is 24.5 Å². The van der Waals surface area contributed by atoms with Crippen molar-refractivity contribution in [2.45, 2.75) is 53.3 Å². The highest BCUT2D eigenvalue weighted by Gasteiger charge is 2.47. The Labute approximate surface area is 180 Å². The molecule has 0 bridgehead atoms. The molecule has 1 aromatic heterocycles. The van der Waals surface area contributed by atoms with Gasteiger partial charge in [-0.25, -0.2) is 0 Å². The zero-order valence-electron chi connectivity index (χ0n) is 18.7. The molecule has 0 saturated carbocycles. The minimum Gasteiger partial charge on any atom is -0.496 e. The molecule has 0 fully saturated rings. The third-order valence-corrected chi connectivity index (χ3v) is 5.06. The van der Waals surface area contributed by atoms with Crippen LogP contribution in [-0.4, -0.2) is 42.9 Å². The molecule has 172 valence electrons. The molecule has 0 aliphatic carbocycles. The van der Waals surface area contributed by atoms with Crippen molar-refractivity contribution in [3.05, 3.63) is 35.0 Å². The van der Waals surface area contributed by atoms with Crippen LogP contribution < -0.4 is 4.74 Å². The summed E-state index contributed by atoms with van der Waals surface area (Å²) in [6.45, 7) is 7.57. The molecule has 0 spiro atoms. The van der Waals surface area contributed by atoms with E-state index in [-0.39, 0.29) is 12.6 Å². The summed E-state index contributed by atoms with van der Waals surface area (Å²) in [5.74, 6) is 0.541. The maximum atomic E-state index is 13.3. The van der Waals surface area contributed by atoms with Crippen LogP contribution in [0.3, 0.4) is 0 Å². The van der Waals surface area contributed by atoms with Gasteiger partial charge in [-0.2, -0.15) is 27.9 Å². The average Bonchev–Trinajstić information content (AvgIpc) is 3.01. The van der Waals surface area contributed by atoms with Gasteiger partial charge in [0.05, 0.1) is 37.1 Å². The summed E-state index contributed by atoms with van der Waals surface area (Å²) in [5.41, 5.74) is 2.52. The highest BCUT2D eigenvalue weighted by atomic mass is 19.4. The fourth-order valence-electron chi connectivity index (χ4n) is 3.27. The minimum atomic E-state index is -4.27. The first-order valence-electron chi connectivity index (χ1n) is 9.75. The van der Waals surface area contributed by atoms with Crippen molar-refractivity contribution in [2.75, 3.05) is 20.8 Å². The Morgan fingerprint density at radius 2 is 1.77 bits per heavy atom. The lowest BCUT2D eigenvalue weighted by atomic mass is 9.84. The molecule has 6 nitrogen and oxygen atoms in total. The predicted octanol–water partition coefficient (Wildman–Crippen LogP) is 4.62. The number of aryl methyl sites for hydroxylation is 1. The minimum absolute atomic E-state index is 0.116. The molecule has 31 heavy (non-hydrogen) atoms. The van der Waals surface area contributed by atoms with E-state index in [1.165, 1.54) is 21.0 Å². The van der Waals surface area contributed by atoms with E-state index in [1.54, 1.807) is 19.2 Å². The first-order valence-corrected chi connectivity index (χ1v) is 9.75. The van der Waals surface area contributed by atoms with Crippen LogP contribution in [0.25, 0.3) is 11.3 Å². The number of rotatable bonds is 8. The number of carbonyl (C=O) groups excluding carboxylic acids is 2. The van der Waals surface area contributed by atoms with E-state index in [9.17, 15) is 13.2 Å². The lowest BCUT2D eigenvalue weighted by molar-refractivity contribution is -0.211. The summed E-state index contributed by atoms with van der Waals surface area (Å²) >= 11 is 0. The topological polar surface area (TPSA) is 70.4 Å². The Morgan fingerprint density at radius 1 is 1.16 bits per heavy atom. The van der Waals surface area contributed by atoms with Crippen molar-refractivity contribution in [3.63, 3.8) is 0 Å². The highest BCUT2D eigenvalue weighted by molar-refractivity contribution is 5.71. The molecule has 2 aromatic rings. The van der Waals surface area contributed by atoms with Crippen molar-refractivity contribution in [1.82, 2.24) is 9.78 Å². The second-order valence-electron chi connectivity index (χ2n) is 7.67. The monoisotopic (exact) mass is 442 g/mol. The van der Waals surface area contributed by atoms with Gasteiger partial charge in [-0.15, -0.1) is 0 Å². The number of halogens is 3. The van der Waals surface area contributed by atoms with Crippen LogP contribution in [0.2, 0.25) is 0 Å². The third-order valence-electron chi connectivity index (χ3n) is 5.06. The first-order chi connectivity index (χ1) is 14.5. The Bertz CT molecular complexity index is 899. The summed E-state index contributed by atoms with van der Waals surface area (Å²) in [5, 5.41) is 4.66. The SMILES string of the molecule is CCc1nn(CCOC)c(-c2ccc(CC(C)(C)C(F)(F)F)cc2OC)c1C.O=C=O. The number of aromatic nitrogens is 2. The molecule has 1 aromatic carbocycles. The summed E-state index contributed by atoms with van der Waals surface area (Å²) in [6.07, 6.45) is -3.35. The van der Waals surface area contributed by atoms with Gasteiger partial charge < -0.3 is 9.47 Å². The molecule has 0 aliphatic rings. The molecule has 0 aliphatic heterocycles. The van der Waals surface area contributed by atoms with E-state index >= 15 is 0 Å². The maximum Gasteiger partial charge on any atom is 0.394 e. The molecule has 0 saturated heterocycles. The van der Waals surface area contributed by atoms with Crippen LogP contribution in [0.4, 0.5) is 13.2 Å². The molecule has 0 radical (unpaired) electrons. The molecule has 1 heterocycles. The van der Waals surface area contributed by atoms with Gasteiger partial charge in [0.25, 0.3) is 0 Å². The lowest BCUT2D eigenvalue weighted by Crippen LogP contribution is -2.34. The number of alkyl halides is 3. The van der Waals surface area contributed by atoms with Crippen molar-refractivity contribution < 1.29 is 32.2 Å². The van der Waals surface area contributed by atoms with Crippen LogP contribution in [-0.2, 0) is 33.7 Å². The number of benzene rings is 1. The Morgan fingerprint density at radius 3 is 2.26 bits per heavy atom. The van der Waals surface area contributed by atoms with Crippen molar-refractivity contribution in [2.24, 2.45) is 5.41 Å². The van der Waals surface area contributed by atoms with E-state index < -0.39 is 11.6 Å². The molecule has 0 N–H and O–H groups in total. The molecular weight excluding hydrogens is 413 g/mol. The van der Waals surface area contributed by atoms with Crippen LogP contribution >= 0.6 is 0 Å². The van der Waals surface area contributed by atoms with Gasteiger partial charge in [-0.3, -0.25) is 4.68 Å². The van der Waals surface area contributed by atoms with E-state index in [0.717, 1.165) is 28.9 Å².